The number of aromatic nitrogens is 2. The monoisotopic (exact) mass is 269 g/mol. The van der Waals surface area contributed by atoms with Gasteiger partial charge in [0.1, 0.15) is 0 Å². The Morgan fingerprint density at radius 2 is 2.10 bits per heavy atom. The Kier molecular flexibility index (Phi) is 3.43. The van der Waals surface area contributed by atoms with E-state index >= 15 is 0 Å². The third-order valence-corrected chi connectivity index (χ3v) is 3.50. The number of benzene rings is 1. The molecule has 0 saturated heterocycles. The van der Waals surface area contributed by atoms with Crippen molar-refractivity contribution in [2.24, 2.45) is 0 Å². The van der Waals surface area contributed by atoms with Crippen LogP contribution in [-0.2, 0) is 6.54 Å². The van der Waals surface area contributed by atoms with Crippen molar-refractivity contribution in [3.8, 4) is 5.88 Å². The van der Waals surface area contributed by atoms with E-state index in [-0.39, 0.29) is 17.6 Å². The van der Waals surface area contributed by atoms with Crippen molar-refractivity contribution in [2.75, 3.05) is 13.7 Å². The zero-order valence-electron chi connectivity index (χ0n) is 11.2. The molecule has 0 fully saturated rings. The molecule has 5 nitrogen and oxygen atoms in total. The fraction of sp³-hybridized carbons (Fsp3) is 0.267. The SMILES string of the molecule is COc1nccnc1C(=O)C1CNCc2ccccc21. The van der Waals surface area contributed by atoms with E-state index in [9.17, 15) is 4.79 Å². The molecule has 0 bridgehead atoms. The van der Waals surface area contributed by atoms with Crippen LogP contribution in [-0.4, -0.2) is 29.4 Å². The number of Topliss-reactive ketones (excluding diaryl/α,β-unsaturated/α-hetero) is 1. The molecule has 1 unspecified atom stereocenters. The van der Waals surface area contributed by atoms with Crippen LogP contribution in [0.4, 0.5) is 0 Å². The maximum absolute atomic E-state index is 12.7. The van der Waals surface area contributed by atoms with Crippen LogP contribution >= 0.6 is 0 Å². The van der Waals surface area contributed by atoms with Gasteiger partial charge in [-0.1, -0.05) is 24.3 Å². The number of ketones is 1. The quantitative estimate of drug-likeness (QED) is 0.857. The molecule has 0 aliphatic carbocycles. The highest BCUT2D eigenvalue weighted by molar-refractivity contribution is 6.01. The molecule has 3 rings (SSSR count). The van der Waals surface area contributed by atoms with E-state index < -0.39 is 0 Å². The van der Waals surface area contributed by atoms with Gasteiger partial charge >= 0.3 is 0 Å². The van der Waals surface area contributed by atoms with Crippen molar-refractivity contribution in [3.63, 3.8) is 0 Å². The summed E-state index contributed by atoms with van der Waals surface area (Å²) in [4.78, 5) is 20.9. The van der Waals surface area contributed by atoms with Gasteiger partial charge in [-0.15, -0.1) is 0 Å². The maximum atomic E-state index is 12.7. The van der Waals surface area contributed by atoms with Gasteiger partial charge in [0.2, 0.25) is 5.88 Å². The van der Waals surface area contributed by atoms with E-state index in [0.717, 1.165) is 17.7 Å². The first kappa shape index (κ1) is 12.7. The van der Waals surface area contributed by atoms with Crippen molar-refractivity contribution in [2.45, 2.75) is 12.5 Å². The molecule has 0 radical (unpaired) electrons. The van der Waals surface area contributed by atoms with Crippen LogP contribution in [0, 0.1) is 0 Å². The highest BCUT2D eigenvalue weighted by Crippen LogP contribution is 2.28. The number of carbonyl (C=O) groups is 1. The van der Waals surface area contributed by atoms with Gasteiger partial charge in [0.05, 0.1) is 13.0 Å². The second kappa shape index (κ2) is 5.38. The summed E-state index contributed by atoms with van der Waals surface area (Å²) < 4.78 is 5.13. The number of carbonyl (C=O) groups excluding carboxylic acids is 1. The van der Waals surface area contributed by atoms with Gasteiger partial charge in [-0.25, -0.2) is 9.97 Å². The lowest BCUT2D eigenvalue weighted by molar-refractivity contribution is 0.0946. The van der Waals surface area contributed by atoms with E-state index in [1.54, 1.807) is 0 Å². The van der Waals surface area contributed by atoms with Crippen LogP contribution in [0.15, 0.2) is 36.7 Å². The molecule has 1 aliphatic heterocycles. The first-order chi connectivity index (χ1) is 9.81. The fourth-order valence-electron chi connectivity index (χ4n) is 2.54. The Morgan fingerprint density at radius 3 is 2.95 bits per heavy atom. The number of rotatable bonds is 3. The number of fused-ring (bicyclic) bond motifs is 1. The molecule has 0 amide bonds. The summed E-state index contributed by atoms with van der Waals surface area (Å²) in [7, 11) is 1.49. The largest absolute Gasteiger partial charge is 0.479 e. The van der Waals surface area contributed by atoms with Crippen LogP contribution in [0.3, 0.4) is 0 Å². The minimum absolute atomic E-state index is 0.0606. The molecule has 0 saturated carbocycles. The Morgan fingerprint density at radius 1 is 1.30 bits per heavy atom. The van der Waals surface area contributed by atoms with Crippen LogP contribution in [0.25, 0.3) is 0 Å². The van der Waals surface area contributed by atoms with Crippen molar-refractivity contribution >= 4 is 5.78 Å². The standard InChI is InChI=1S/C15H15N3O2/c1-20-15-13(17-6-7-18-15)14(19)12-9-16-8-10-4-2-3-5-11(10)12/h2-7,12,16H,8-9H2,1H3. The lowest BCUT2D eigenvalue weighted by atomic mass is 9.86. The summed E-state index contributed by atoms with van der Waals surface area (Å²) in [5.74, 6) is -0.0271. The third kappa shape index (κ3) is 2.16. The smallest absolute Gasteiger partial charge is 0.243 e. The summed E-state index contributed by atoms with van der Waals surface area (Å²) in [6, 6.07) is 7.98. The van der Waals surface area contributed by atoms with E-state index in [4.69, 9.17) is 4.74 Å². The predicted molar refractivity (Wildman–Crippen MR) is 73.8 cm³/mol. The third-order valence-electron chi connectivity index (χ3n) is 3.50. The van der Waals surface area contributed by atoms with Gasteiger partial charge in [-0.05, 0) is 11.1 Å². The predicted octanol–water partition coefficient (Wildman–Crippen LogP) is 1.55. The van der Waals surface area contributed by atoms with Gasteiger partial charge in [-0.3, -0.25) is 4.79 Å². The van der Waals surface area contributed by atoms with Gasteiger partial charge in [0.25, 0.3) is 0 Å². The molecule has 20 heavy (non-hydrogen) atoms. The van der Waals surface area contributed by atoms with E-state index in [1.807, 2.05) is 24.3 Å². The van der Waals surface area contributed by atoms with Crippen LogP contribution in [0.2, 0.25) is 0 Å². The first-order valence-corrected chi connectivity index (χ1v) is 6.49. The van der Waals surface area contributed by atoms with E-state index in [0.29, 0.717) is 12.2 Å². The Hall–Kier alpha value is -2.27. The van der Waals surface area contributed by atoms with Gasteiger partial charge in [0, 0.05) is 25.5 Å². The zero-order valence-corrected chi connectivity index (χ0v) is 11.2. The summed E-state index contributed by atoms with van der Waals surface area (Å²) in [5, 5.41) is 3.27. The Bertz CT molecular complexity index is 643. The maximum Gasteiger partial charge on any atom is 0.243 e. The molecule has 1 atom stereocenters. The summed E-state index contributed by atoms with van der Waals surface area (Å²) in [5.41, 5.74) is 2.50. The fourth-order valence-corrected chi connectivity index (χ4v) is 2.54. The molecule has 102 valence electrons. The number of hydrogen-bond acceptors (Lipinski definition) is 5. The van der Waals surface area contributed by atoms with Crippen LogP contribution < -0.4 is 10.1 Å². The molecular formula is C15H15N3O2. The van der Waals surface area contributed by atoms with Gasteiger partial charge < -0.3 is 10.1 Å². The highest BCUT2D eigenvalue weighted by atomic mass is 16.5. The normalized spacial score (nSPS) is 17.4. The molecule has 1 aromatic carbocycles. The lowest BCUT2D eigenvalue weighted by Gasteiger charge is -2.25. The number of hydrogen-bond donors (Lipinski definition) is 1. The van der Waals surface area contributed by atoms with Crippen LogP contribution in [0.1, 0.15) is 27.5 Å². The molecule has 1 aliphatic rings. The molecule has 0 spiro atoms. The summed E-state index contributed by atoms with van der Waals surface area (Å²) >= 11 is 0. The lowest BCUT2D eigenvalue weighted by Crippen LogP contribution is -2.33. The summed E-state index contributed by atoms with van der Waals surface area (Å²) in [6.07, 6.45) is 3.03. The number of nitrogens with zero attached hydrogens (tertiary/aromatic N) is 2. The average molecular weight is 269 g/mol. The molecule has 1 N–H and O–H groups in total. The first-order valence-electron chi connectivity index (χ1n) is 6.49. The van der Waals surface area contributed by atoms with Gasteiger partial charge in [0.15, 0.2) is 11.5 Å². The van der Waals surface area contributed by atoms with E-state index in [2.05, 4.69) is 15.3 Å². The molecule has 2 aromatic rings. The Labute approximate surface area is 117 Å². The van der Waals surface area contributed by atoms with Crippen molar-refractivity contribution in [3.05, 3.63) is 53.5 Å². The molecule has 2 heterocycles. The second-order valence-corrected chi connectivity index (χ2v) is 4.66. The van der Waals surface area contributed by atoms with E-state index in [1.165, 1.54) is 19.5 Å². The molecular weight excluding hydrogens is 254 g/mol. The van der Waals surface area contributed by atoms with Crippen molar-refractivity contribution < 1.29 is 9.53 Å². The zero-order chi connectivity index (χ0) is 13.9. The molecule has 5 heteroatoms. The topological polar surface area (TPSA) is 64.1 Å². The average Bonchev–Trinajstić information content (AvgIpc) is 2.53. The highest BCUT2D eigenvalue weighted by Gasteiger charge is 2.29. The van der Waals surface area contributed by atoms with Crippen molar-refractivity contribution in [1.29, 1.82) is 0 Å². The number of methoxy groups -OCH3 is 1. The number of ether oxygens (including phenoxy) is 1. The number of nitrogens with one attached hydrogen (secondary N) is 1. The van der Waals surface area contributed by atoms with Gasteiger partial charge in [-0.2, -0.15) is 0 Å². The van der Waals surface area contributed by atoms with Crippen LogP contribution in [0.5, 0.6) is 5.88 Å². The summed E-state index contributed by atoms with van der Waals surface area (Å²) in [6.45, 7) is 1.40. The Balaban J connectivity index is 2.00. The second-order valence-electron chi connectivity index (χ2n) is 4.66. The molecule has 1 aromatic heterocycles. The minimum Gasteiger partial charge on any atom is -0.479 e. The minimum atomic E-state index is -0.245. The van der Waals surface area contributed by atoms with Crippen molar-refractivity contribution in [1.82, 2.24) is 15.3 Å².